The molecule has 2 N–H and O–H groups in total. The van der Waals surface area contributed by atoms with E-state index in [2.05, 4.69) is 15.5 Å². The number of amides is 1. The third kappa shape index (κ3) is 0.796. The van der Waals surface area contributed by atoms with Crippen LogP contribution in [-0.4, -0.2) is 16.1 Å². The smallest absolute Gasteiger partial charge is 0.251 e. The van der Waals surface area contributed by atoms with Crippen LogP contribution in [0.2, 0.25) is 0 Å². The minimum atomic E-state index is 0.0121. The summed E-state index contributed by atoms with van der Waals surface area (Å²) in [5, 5.41) is 10.5. The molecule has 13 heavy (non-hydrogen) atoms. The number of nitrogens with zero attached hydrogens (tertiary/aromatic N) is 1. The van der Waals surface area contributed by atoms with Crippen LogP contribution in [0.25, 0.3) is 10.9 Å². The van der Waals surface area contributed by atoms with Crippen molar-refractivity contribution in [1.29, 1.82) is 0 Å². The van der Waals surface area contributed by atoms with Gasteiger partial charge in [-0.15, -0.1) is 0 Å². The summed E-state index contributed by atoms with van der Waals surface area (Å²) in [6.07, 6.45) is 1.72. The number of rotatable bonds is 0. The second-order valence-electron chi connectivity index (χ2n) is 3.15. The molecule has 1 aliphatic heterocycles. The second-order valence-corrected chi connectivity index (χ2v) is 3.15. The minimum Gasteiger partial charge on any atom is -0.348 e. The summed E-state index contributed by atoms with van der Waals surface area (Å²) < 4.78 is 0. The van der Waals surface area contributed by atoms with Crippen LogP contribution in [0.15, 0.2) is 18.3 Å². The van der Waals surface area contributed by atoms with Crippen molar-refractivity contribution in [1.82, 2.24) is 15.5 Å². The molecule has 1 amide bonds. The van der Waals surface area contributed by atoms with E-state index in [1.54, 1.807) is 6.20 Å². The molecule has 0 spiro atoms. The standard InChI is InChI=1S/C9H7N3O/c13-9-7-1-6-4-11-12-8(6)2-5(7)3-10-9/h1-2,4H,3H2,(H,10,13)(H,11,12). The van der Waals surface area contributed by atoms with Crippen LogP contribution in [0, 0.1) is 0 Å². The molecule has 4 heteroatoms. The van der Waals surface area contributed by atoms with Crippen LogP contribution in [-0.2, 0) is 6.54 Å². The highest BCUT2D eigenvalue weighted by molar-refractivity contribution is 6.01. The van der Waals surface area contributed by atoms with E-state index in [-0.39, 0.29) is 5.91 Å². The van der Waals surface area contributed by atoms with Gasteiger partial charge >= 0.3 is 0 Å². The van der Waals surface area contributed by atoms with Crippen molar-refractivity contribution < 1.29 is 4.79 Å². The third-order valence-electron chi connectivity index (χ3n) is 2.35. The highest BCUT2D eigenvalue weighted by Gasteiger charge is 2.19. The molecule has 0 atom stereocenters. The van der Waals surface area contributed by atoms with Crippen molar-refractivity contribution in [3.8, 4) is 0 Å². The normalized spacial score (nSPS) is 14.6. The van der Waals surface area contributed by atoms with Crippen molar-refractivity contribution in [3.05, 3.63) is 29.5 Å². The number of fused-ring (bicyclic) bond motifs is 2. The predicted molar refractivity (Wildman–Crippen MR) is 47.3 cm³/mol. The van der Waals surface area contributed by atoms with Crippen LogP contribution in [0.4, 0.5) is 0 Å². The fourth-order valence-electron chi connectivity index (χ4n) is 1.66. The molecule has 2 heterocycles. The second kappa shape index (κ2) is 2.10. The van der Waals surface area contributed by atoms with Crippen LogP contribution >= 0.6 is 0 Å². The zero-order chi connectivity index (χ0) is 8.84. The molecule has 0 radical (unpaired) electrons. The maximum Gasteiger partial charge on any atom is 0.251 e. The van der Waals surface area contributed by atoms with Crippen molar-refractivity contribution in [2.24, 2.45) is 0 Å². The van der Waals surface area contributed by atoms with E-state index >= 15 is 0 Å². The topological polar surface area (TPSA) is 57.8 Å². The number of H-pyrrole nitrogens is 1. The molecule has 1 aromatic heterocycles. The molecular formula is C9H7N3O. The SMILES string of the molecule is O=C1NCc2cc3[nH]ncc3cc21. The summed E-state index contributed by atoms with van der Waals surface area (Å²) in [6, 6.07) is 3.84. The molecule has 1 aromatic carbocycles. The Balaban J connectivity index is 2.40. The first-order valence-corrected chi connectivity index (χ1v) is 4.09. The number of carbonyl (C=O) groups excluding carboxylic acids is 1. The van der Waals surface area contributed by atoms with Gasteiger partial charge in [0.05, 0.1) is 11.7 Å². The number of benzene rings is 1. The van der Waals surface area contributed by atoms with E-state index in [1.165, 1.54) is 0 Å². The van der Waals surface area contributed by atoms with Gasteiger partial charge in [-0.3, -0.25) is 9.89 Å². The Hall–Kier alpha value is -1.84. The molecule has 0 bridgehead atoms. The van der Waals surface area contributed by atoms with E-state index in [9.17, 15) is 4.79 Å². The summed E-state index contributed by atoms with van der Waals surface area (Å²) in [5.41, 5.74) is 2.80. The highest BCUT2D eigenvalue weighted by atomic mass is 16.1. The van der Waals surface area contributed by atoms with Gasteiger partial charge in [-0.1, -0.05) is 0 Å². The summed E-state index contributed by atoms with van der Waals surface area (Å²) in [6.45, 7) is 0.628. The fraction of sp³-hybridized carbons (Fsp3) is 0.111. The van der Waals surface area contributed by atoms with Crippen LogP contribution < -0.4 is 5.32 Å². The van der Waals surface area contributed by atoms with Crippen LogP contribution in [0.3, 0.4) is 0 Å². The Bertz CT molecular complexity index is 501. The summed E-state index contributed by atoms with van der Waals surface area (Å²) in [5.74, 6) is 0.0121. The molecule has 0 aliphatic carbocycles. The molecule has 64 valence electrons. The molecular weight excluding hydrogens is 166 g/mol. The lowest BCUT2D eigenvalue weighted by Gasteiger charge is -1.94. The van der Waals surface area contributed by atoms with Gasteiger partial charge in [0.15, 0.2) is 0 Å². The molecule has 4 nitrogen and oxygen atoms in total. The Kier molecular flexibility index (Phi) is 1.07. The summed E-state index contributed by atoms with van der Waals surface area (Å²) in [7, 11) is 0. The number of hydrogen-bond donors (Lipinski definition) is 2. The van der Waals surface area contributed by atoms with E-state index in [0.29, 0.717) is 6.54 Å². The van der Waals surface area contributed by atoms with Gasteiger partial charge in [-0.05, 0) is 17.7 Å². The fourth-order valence-corrected chi connectivity index (χ4v) is 1.66. The molecule has 0 saturated carbocycles. The highest BCUT2D eigenvalue weighted by Crippen LogP contribution is 2.21. The monoisotopic (exact) mass is 173 g/mol. The lowest BCUT2D eigenvalue weighted by molar-refractivity contribution is 0.0966. The minimum absolute atomic E-state index is 0.0121. The third-order valence-corrected chi connectivity index (χ3v) is 2.35. The first-order valence-electron chi connectivity index (χ1n) is 4.09. The molecule has 2 aromatic rings. The van der Waals surface area contributed by atoms with E-state index in [4.69, 9.17) is 0 Å². The lowest BCUT2D eigenvalue weighted by Crippen LogP contribution is -2.12. The van der Waals surface area contributed by atoms with E-state index < -0.39 is 0 Å². The van der Waals surface area contributed by atoms with Crippen molar-refractivity contribution in [3.63, 3.8) is 0 Å². The maximum atomic E-state index is 11.3. The number of hydrogen-bond acceptors (Lipinski definition) is 2. The van der Waals surface area contributed by atoms with Gasteiger partial charge in [0.1, 0.15) is 0 Å². The van der Waals surface area contributed by atoms with Gasteiger partial charge < -0.3 is 5.32 Å². The lowest BCUT2D eigenvalue weighted by atomic mass is 10.1. The average Bonchev–Trinajstić information content (AvgIpc) is 2.70. The van der Waals surface area contributed by atoms with Gasteiger partial charge in [0.2, 0.25) is 0 Å². The molecule has 1 aliphatic rings. The number of aromatic amines is 1. The Morgan fingerprint density at radius 3 is 3.23 bits per heavy atom. The first kappa shape index (κ1) is 6.65. The van der Waals surface area contributed by atoms with E-state index in [1.807, 2.05) is 12.1 Å². The Morgan fingerprint density at radius 2 is 2.31 bits per heavy atom. The van der Waals surface area contributed by atoms with Crippen LogP contribution in [0.1, 0.15) is 15.9 Å². The zero-order valence-corrected chi connectivity index (χ0v) is 6.79. The Labute approximate surface area is 73.9 Å². The number of nitrogens with one attached hydrogen (secondary N) is 2. The summed E-state index contributed by atoms with van der Waals surface area (Å²) in [4.78, 5) is 11.3. The molecule has 0 fully saturated rings. The predicted octanol–water partition coefficient (Wildman–Crippen LogP) is 0.806. The van der Waals surface area contributed by atoms with Gasteiger partial charge in [-0.2, -0.15) is 5.10 Å². The number of aromatic nitrogens is 2. The quantitative estimate of drug-likeness (QED) is 0.619. The molecule has 3 rings (SSSR count). The van der Waals surface area contributed by atoms with Gasteiger partial charge in [-0.25, -0.2) is 0 Å². The van der Waals surface area contributed by atoms with Gasteiger partial charge in [0.25, 0.3) is 5.91 Å². The maximum absolute atomic E-state index is 11.3. The number of carbonyl (C=O) groups is 1. The van der Waals surface area contributed by atoms with Crippen molar-refractivity contribution in [2.45, 2.75) is 6.54 Å². The van der Waals surface area contributed by atoms with E-state index in [0.717, 1.165) is 22.0 Å². The van der Waals surface area contributed by atoms with Crippen molar-refractivity contribution >= 4 is 16.8 Å². The van der Waals surface area contributed by atoms with Crippen LogP contribution in [0.5, 0.6) is 0 Å². The largest absolute Gasteiger partial charge is 0.348 e. The van der Waals surface area contributed by atoms with Gasteiger partial charge in [0, 0.05) is 17.5 Å². The Morgan fingerprint density at radius 1 is 1.38 bits per heavy atom. The average molecular weight is 173 g/mol. The van der Waals surface area contributed by atoms with Crippen molar-refractivity contribution in [2.75, 3.05) is 0 Å². The first-order chi connectivity index (χ1) is 6.34. The summed E-state index contributed by atoms with van der Waals surface area (Å²) >= 11 is 0. The molecule has 0 saturated heterocycles. The zero-order valence-electron chi connectivity index (χ0n) is 6.79. The molecule has 0 unspecified atom stereocenters.